The molecule has 136 valence electrons. The first-order valence-corrected chi connectivity index (χ1v) is 8.10. The lowest BCUT2D eigenvalue weighted by Crippen LogP contribution is -2.19. The molecule has 1 aromatic heterocycles. The van der Waals surface area contributed by atoms with E-state index in [1.165, 1.54) is 18.2 Å². The van der Waals surface area contributed by atoms with Crippen molar-refractivity contribution in [3.05, 3.63) is 88.7 Å². The maximum absolute atomic E-state index is 13.7. The van der Waals surface area contributed by atoms with Crippen molar-refractivity contribution in [1.82, 2.24) is 4.98 Å². The maximum Gasteiger partial charge on any atom is 0.274 e. The van der Waals surface area contributed by atoms with E-state index in [1.807, 2.05) is 0 Å². The molecule has 3 rings (SSSR count). The zero-order valence-corrected chi connectivity index (χ0v) is 14.4. The molecule has 0 saturated carbocycles. The minimum atomic E-state index is -0.918. The SMILES string of the molecule is O=C(Nc1cccc(Cl)c1)c1cccc(C(=O)Nc2ccc(F)cc2F)n1. The molecule has 1 heterocycles. The highest BCUT2D eigenvalue weighted by Gasteiger charge is 2.14. The number of aromatic nitrogens is 1. The summed E-state index contributed by atoms with van der Waals surface area (Å²) in [5.41, 5.74) is 0.161. The molecule has 0 fully saturated rings. The number of rotatable bonds is 4. The monoisotopic (exact) mass is 387 g/mol. The van der Waals surface area contributed by atoms with E-state index in [4.69, 9.17) is 11.6 Å². The summed E-state index contributed by atoms with van der Waals surface area (Å²) in [7, 11) is 0. The van der Waals surface area contributed by atoms with Gasteiger partial charge in [-0.05, 0) is 42.5 Å². The number of amides is 2. The number of anilines is 2. The predicted octanol–water partition coefficient (Wildman–Crippen LogP) is 4.52. The van der Waals surface area contributed by atoms with Crippen molar-refractivity contribution >= 4 is 34.8 Å². The molecule has 0 spiro atoms. The highest BCUT2D eigenvalue weighted by molar-refractivity contribution is 6.31. The van der Waals surface area contributed by atoms with Crippen molar-refractivity contribution in [1.29, 1.82) is 0 Å². The zero-order valence-electron chi connectivity index (χ0n) is 13.7. The molecule has 5 nitrogen and oxygen atoms in total. The van der Waals surface area contributed by atoms with Gasteiger partial charge in [0.25, 0.3) is 11.8 Å². The Morgan fingerprint density at radius 1 is 0.852 bits per heavy atom. The van der Waals surface area contributed by atoms with Gasteiger partial charge in [-0.1, -0.05) is 23.7 Å². The molecular formula is C19H12ClF2N3O2. The lowest BCUT2D eigenvalue weighted by atomic mass is 10.2. The van der Waals surface area contributed by atoms with Crippen LogP contribution in [0, 0.1) is 11.6 Å². The minimum absolute atomic E-state index is 0.0118. The number of benzene rings is 2. The summed E-state index contributed by atoms with van der Waals surface area (Å²) in [5, 5.41) is 5.35. The quantitative estimate of drug-likeness (QED) is 0.691. The molecule has 0 aliphatic carbocycles. The van der Waals surface area contributed by atoms with Gasteiger partial charge in [0.15, 0.2) is 0 Å². The predicted molar refractivity (Wildman–Crippen MR) is 98.0 cm³/mol. The van der Waals surface area contributed by atoms with Gasteiger partial charge in [0.2, 0.25) is 0 Å². The van der Waals surface area contributed by atoms with Crippen LogP contribution in [0.1, 0.15) is 21.0 Å². The van der Waals surface area contributed by atoms with Crippen molar-refractivity contribution in [2.75, 3.05) is 10.6 Å². The highest BCUT2D eigenvalue weighted by atomic mass is 35.5. The first-order chi connectivity index (χ1) is 12.9. The molecule has 0 aliphatic heterocycles. The molecule has 0 bridgehead atoms. The molecule has 27 heavy (non-hydrogen) atoms. The molecule has 0 saturated heterocycles. The molecule has 8 heteroatoms. The molecular weight excluding hydrogens is 376 g/mol. The van der Waals surface area contributed by atoms with Crippen LogP contribution in [-0.4, -0.2) is 16.8 Å². The molecule has 0 unspecified atom stereocenters. The topological polar surface area (TPSA) is 71.1 Å². The molecule has 0 atom stereocenters. The van der Waals surface area contributed by atoms with E-state index in [2.05, 4.69) is 15.6 Å². The van der Waals surface area contributed by atoms with Gasteiger partial charge in [0, 0.05) is 16.8 Å². The first-order valence-electron chi connectivity index (χ1n) is 7.73. The molecule has 2 aromatic carbocycles. The fraction of sp³-hybridized carbons (Fsp3) is 0. The van der Waals surface area contributed by atoms with Gasteiger partial charge in [-0.15, -0.1) is 0 Å². The van der Waals surface area contributed by atoms with E-state index in [-0.39, 0.29) is 17.1 Å². The van der Waals surface area contributed by atoms with Crippen LogP contribution >= 0.6 is 11.6 Å². The van der Waals surface area contributed by atoms with Crippen LogP contribution in [0.25, 0.3) is 0 Å². The lowest BCUT2D eigenvalue weighted by Gasteiger charge is -2.08. The van der Waals surface area contributed by atoms with Crippen molar-refractivity contribution in [3.63, 3.8) is 0 Å². The fourth-order valence-electron chi connectivity index (χ4n) is 2.23. The summed E-state index contributed by atoms with van der Waals surface area (Å²) in [4.78, 5) is 28.5. The summed E-state index contributed by atoms with van der Waals surface area (Å²) in [5.74, 6) is -2.96. The second-order valence-electron chi connectivity index (χ2n) is 5.45. The standard InChI is InChI=1S/C19H12ClF2N3O2/c20-11-3-1-4-13(9-11)23-18(26)16-5-2-6-17(24-16)19(27)25-15-8-7-12(21)10-14(15)22/h1-10H,(H,23,26)(H,25,27). The lowest BCUT2D eigenvalue weighted by molar-refractivity contribution is 0.101. The Morgan fingerprint density at radius 2 is 1.52 bits per heavy atom. The third-order valence-corrected chi connectivity index (χ3v) is 3.71. The summed E-state index contributed by atoms with van der Waals surface area (Å²) >= 11 is 5.87. The van der Waals surface area contributed by atoms with Crippen LogP contribution in [0.2, 0.25) is 5.02 Å². The van der Waals surface area contributed by atoms with Gasteiger partial charge in [-0.25, -0.2) is 13.8 Å². The number of carbonyl (C=O) groups excluding carboxylic acids is 2. The number of nitrogens with one attached hydrogen (secondary N) is 2. The number of nitrogens with zero attached hydrogens (tertiary/aromatic N) is 1. The number of halogens is 3. The van der Waals surface area contributed by atoms with E-state index in [9.17, 15) is 18.4 Å². The summed E-state index contributed by atoms with van der Waals surface area (Å²) in [6.45, 7) is 0. The minimum Gasteiger partial charge on any atom is -0.321 e. The van der Waals surface area contributed by atoms with E-state index in [1.54, 1.807) is 24.3 Å². The average molecular weight is 388 g/mol. The van der Waals surface area contributed by atoms with Crippen molar-refractivity contribution in [2.24, 2.45) is 0 Å². The van der Waals surface area contributed by atoms with E-state index in [0.29, 0.717) is 16.8 Å². The smallest absolute Gasteiger partial charge is 0.274 e. The van der Waals surface area contributed by atoms with Crippen LogP contribution in [0.4, 0.5) is 20.2 Å². The number of pyridine rings is 1. The molecule has 3 aromatic rings. The van der Waals surface area contributed by atoms with Crippen molar-refractivity contribution < 1.29 is 18.4 Å². The normalized spacial score (nSPS) is 10.3. The van der Waals surface area contributed by atoms with Crippen molar-refractivity contribution in [3.8, 4) is 0 Å². The van der Waals surface area contributed by atoms with E-state index < -0.39 is 23.4 Å². The third kappa shape index (κ3) is 4.65. The van der Waals surface area contributed by atoms with Gasteiger partial charge >= 0.3 is 0 Å². The Bertz CT molecular complexity index is 1030. The van der Waals surface area contributed by atoms with Crippen molar-refractivity contribution in [2.45, 2.75) is 0 Å². The second kappa shape index (κ2) is 7.92. The summed E-state index contributed by atoms with van der Waals surface area (Å²) in [6.07, 6.45) is 0. The van der Waals surface area contributed by atoms with Crippen LogP contribution in [0.3, 0.4) is 0 Å². The first kappa shape index (κ1) is 18.5. The van der Waals surface area contributed by atoms with Gasteiger partial charge in [-0.2, -0.15) is 0 Å². The highest BCUT2D eigenvalue weighted by Crippen LogP contribution is 2.17. The van der Waals surface area contributed by atoms with Crippen LogP contribution < -0.4 is 10.6 Å². The summed E-state index contributed by atoms with van der Waals surface area (Å²) < 4.78 is 26.6. The number of hydrogen-bond donors (Lipinski definition) is 2. The van der Waals surface area contributed by atoms with Gasteiger partial charge in [0.1, 0.15) is 23.0 Å². The molecule has 2 amide bonds. The van der Waals surface area contributed by atoms with Crippen LogP contribution in [0.15, 0.2) is 60.7 Å². The Kier molecular flexibility index (Phi) is 5.42. The Balaban J connectivity index is 1.76. The Labute approximate surface area is 158 Å². The van der Waals surface area contributed by atoms with Gasteiger partial charge < -0.3 is 10.6 Å². The van der Waals surface area contributed by atoms with Gasteiger partial charge in [0.05, 0.1) is 5.69 Å². The molecule has 0 aliphatic rings. The second-order valence-corrected chi connectivity index (χ2v) is 5.89. The number of hydrogen-bond acceptors (Lipinski definition) is 3. The van der Waals surface area contributed by atoms with Gasteiger partial charge in [-0.3, -0.25) is 9.59 Å². The fourth-order valence-corrected chi connectivity index (χ4v) is 2.42. The Morgan fingerprint density at radius 3 is 2.19 bits per heavy atom. The molecule has 2 N–H and O–H groups in total. The molecule has 0 radical (unpaired) electrons. The average Bonchev–Trinajstić information content (AvgIpc) is 2.64. The number of carbonyl (C=O) groups is 2. The van der Waals surface area contributed by atoms with E-state index >= 15 is 0 Å². The Hall–Kier alpha value is -3.32. The maximum atomic E-state index is 13.7. The van der Waals surface area contributed by atoms with E-state index in [0.717, 1.165) is 12.1 Å². The van der Waals surface area contributed by atoms with Crippen LogP contribution in [0.5, 0.6) is 0 Å². The van der Waals surface area contributed by atoms with Crippen LogP contribution in [-0.2, 0) is 0 Å². The largest absolute Gasteiger partial charge is 0.321 e. The third-order valence-electron chi connectivity index (χ3n) is 3.48. The summed E-state index contributed by atoms with van der Waals surface area (Å²) in [6, 6.07) is 13.6. The zero-order chi connectivity index (χ0) is 19.4.